The summed E-state index contributed by atoms with van der Waals surface area (Å²) >= 11 is 1.34. The second-order valence-electron chi connectivity index (χ2n) is 6.21. The lowest BCUT2D eigenvalue weighted by molar-refractivity contribution is 0.465. The lowest BCUT2D eigenvalue weighted by atomic mass is 10.1. The van der Waals surface area contributed by atoms with E-state index < -0.39 is 5.63 Å². The van der Waals surface area contributed by atoms with Crippen LogP contribution in [0.4, 0.5) is 0 Å². The maximum absolute atomic E-state index is 11.9. The van der Waals surface area contributed by atoms with Gasteiger partial charge in [-0.15, -0.1) is 10.2 Å². The number of aryl methyl sites for hydroxylation is 2. The van der Waals surface area contributed by atoms with Crippen LogP contribution in [-0.4, -0.2) is 15.3 Å². The number of fused-ring (bicyclic) bond motifs is 1. The molecule has 1 N–H and O–H groups in total. The molecule has 0 spiro atoms. The summed E-state index contributed by atoms with van der Waals surface area (Å²) in [6, 6.07) is 12.6. The minimum atomic E-state index is -0.460. The van der Waals surface area contributed by atoms with Gasteiger partial charge in [-0.1, -0.05) is 29.5 Å². The maximum Gasteiger partial charge on any atom is 0.336 e. The van der Waals surface area contributed by atoms with Gasteiger partial charge in [0.25, 0.3) is 5.22 Å². The fourth-order valence-corrected chi connectivity index (χ4v) is 3.59. The predicted octanol–water partition coefficient (Wildman–Crippen LogP) is 4.46. The number of thioether (sulfide) groups is 1. The second kappa shape index (κ2) is 6.92. The SMILES string of the molecule is Cc1cccc(-c2nnc(SCc3cc(=O)oc4c(C)c(O)ccc34)o2)c1. The first kappa shape index (κ1) is 17.4. The standard InChI is InChI=1S/C20H16N2O4S/c1-11-4-3-5-13(8-11)19-21-22-20(26-19)27-10-14-9-17(24)25-18-12(2)16(23)7-6-15(14)18/h3-9,23H,10H2,1-2H3. The lowest BCUT2D eigenvalue weighted by Gasteiger charge is -2.07. The van der Waals surface area contributed by atoms with Crippen LogP contribution in [0.1, 0.15) is 16.7 Å². The Morgan fingerprint density at radius 2 is 1.93 bits per heavy atom. The molecule has 0 saturated carbocycles. The number of rotatable bonds is 4. The first-order valence-corrected chi connectivity index (χ1v) is 9.28. The van der Waals surface area contributed by atoms with Gasteiger partial charge < -0.3 is 13.9 Å². The van der Waals surface area contributed by atoms with E-state index in [1.807, 2.05) is 31.2 Å². The van der Waals surface area contributed by atoms with Gasteiger partial charge in [-0.2, -0.15) is 0 Å². The third-order valence-electron chi connectivity index (χ3n) is 4.24. The van der Waals surface area contributed by atoms with Crippen molar-refractivity contribution < 1.29 is 13.9 Å². The highest BCUT2D eigenvalue weighted by atomic mass is 32.2. The van der Waals surface area contributed by atoms with Crippen molar-refractivity contribution in [3.63, 3.8) is 0 Å². The average Bonchev–Trinajstić information content (AvgIpc) is 3.12. The summed E-state index contributed by atoms with van der Waals surface area (Å²) in [5.41, 5.74) is 3.23. The van der Waals surface area contributed by atoms with Gasteiger partial charge in [0.15, 0.2) is 0 Å². The highest BCUT2D eigenvalue weighted by molar-refractivity contribution is 7.98. The number of aromatic nitrogens is 2. The predicted molar refractivity (Wildman–Crippen MR) is 103 cm³/mol. The number of nitrogens with zero attached hydrogens (tertiary/aromatic N) is 2. The van der Waals surface area contributed by atoms with E-state index in [2.05, 4.69) is 10.2 Å². The maximum atomic E-state index is 11.9. The fraction of sp³-hybridized carbons (Fsp3) is 0.150. The van der Waals surface area contributed by atoms with Crippen molar-refractivity contribution in [1.29, 1.82) is 0 Å². The second-order valence-corrected chi connectivity index (χ2v) is 7.13. The summed E-state index contributed by atoms with van der Waals surface area (Å²) in [5, 5.41) is 19.2. The van der Waals surface area contributed by atoms with Gasteiger partial charge in [-0.05, 0) is 43.7 Å². The van der Waals surface area contributed by atoms with Crippen molar-refractivity contribution in [2.24, 2.45) is 0 Å². The Balaban J connectivity index is 1.61. The molecular formula is C20H16N2O4S. The highest BCUT2D eigenvalue weighted by Gasteiger charge is 2.13. The van der Waals surface area contributed by atoms with E-state index >= 15 is 0 Å². The van der Waals surface area contributed by atoms with Gasteiger partial charge in [0, 0.05) is 28.3 Å². The van der Waals surface area contributed by atoms with E-state index in [1.165, 1.54) is 17.8 Å². The summed E-state index contributed by atoms with van der Waals surface area (Å²) in [5.74, 6) is 1.01. The van der Waals surface area contributed by atoms with Crippen LogP contribution >= 0.6 is 11.8 Å². The molecular weight excluding hydrogens is 364 g/mol. The molecule has 0 radical (unpaired) electrons. The van der Waals surface area contributed by atoms with Crippen molar-refractivity contribution in [3.8, 4) is 17.2 Å². The quantitative estimate of drug-likeness (QED) is 0.413. The zero-order chi connectivity index (χ0) is 19.0. The Morgan fingerprint density at radius 1 is 1.07 bits per heavy atom. The monoisotopic (exact) mass is 380 g/mol. The average molecular weight is 380 g/mol. The molecule has 0 saturated heterocycles. The van der Waals surface area contributed by atoms with Crippen molar-refractivity contribution >= 4 is 22.7 Å². The summed E-state index contributed by atoms with van der Waals surface area (Å²) in [7, 11) is 0. The van der Waals surface area contributed by atoms with Crippen LogP contribution in [0.2, 0.25) is 0 Å². The first-order valence-electron chi connectivity index (χ1n) is 8.30. The molecule has 4 aromatic rings. The molecule has 4 rings (SSSR count). The molecule has 0 unspecified atom stereocenters. The molecule has 0 bridgehead atoms. The van der Waals surface area contributed by atoms with Crippen LogP contribution in [-0.2, 0) is 5.75 Å². The normalized spacial score (nSPS) is 11.2. The summed E-state index contributed by atoms with van der Waals surface area (Å²) < 4.78 is 11.0. The third kappa shape index (κ3) is 3.46. The Hall–Kier alpha value is -3.06. The van der Waals surface area contributed by atoms with Crippen LogP contribution in [0.15, 0.2) is 61.3 Å². The number of phenolic OH excluding ortho intramolecular Hbond substituents is 1. The van der Waals surface area contributed by atoms with E-state index in [9.17, 15) is 9.90 Å². The Morgan fingerprint density at radius 3 is 2.74 bits per heavy atom. The van der Waals surface area contributed by atoms with Crippen molar-refractivity contribution in [3.05, 3.63) is 69.6 Å². The number of benzene rings is 2. The summed E-state index contributed by atoms with van der Waals surface area (Å²) in [6.45, 7) is 3.71. The molecule has 0 fully saturated rings. The van der Waals surface area contributed by atoms with Crippen LogP contribution < -0.4 is 5.63 Å². The smallest absolute Gasteiger partial charge is 0.336 e. The summed E-state index contributed by atoms with van der Waals surface area (Å²) in [6.07, 6.45) is 0. The molecule has 0 aliphatic rings. The van der Waals surface area contributed by atoms with Crippen LogP contribution in [0.25, 0.3) is 22.4 Å². The van der Waals surface area contributed by atoms with E-state index in [0.29, 0.717) is 28.0 Å². The molecule has 7 heteroatoms. The fourth-order valence-electron chi connectivity index (χ4n) is 2.84. The zero-order valence-corrected chi connectivity index (χ0v) is 15.5. The first-order chi connectivity index (χ1) is 13.0. The minimum absolute atomic E-state index is 0.0927. The highest BCUT2D eigenvalue weighted by Crippen LogP contribution is 2.31. The molecule has 2 aromatic heterocycles. The number of hydrogen-bond donors (Lipinski definition) is 1. The van der Waals surface area contributed by atoms with Crippen LogP contribution in [0.5, 0.6) is 5.75 Å². The molecule has 0 amide bonds. The molecule has 136 valence electrons. The molecule has 2 heterocycles. The molecule has 0 atom stereocenters. The molecule has 2 aromatic carbocycles. The van der Waals surface area contributed by atoms with E-state index in [4.69, 9.17) is 8.83 Å². The largest absolute Gasteiger partial charge is 0.508 e. The van der Waals surface area contributed by atoms with Gasteiger partial charge in [0.05, 0.1) is 0 Å². The van der Waals surface area contributed by atoms with Gasteiger partial charge in [-0.25, -0.2) is 4.79 Å². The molecule has 0 aliphatic heterocycles. The van der Waals surface area contributed by atoms with Crippen LogP contribution in [0, 0.1) is 13.8 Å². The Kier molecular flexibility index (Phi) is 4.45. The van der Waals surface area contributed by atoms with Gasteiger partial charge in [0.2, 0.25) is 5.89 Å². The number of phenols is 1. The minimum Gasteiger partial charge on any atom is -0.508 e. The van der Waals surface area contributed by atoms with Gasteiger partial charge in [0.1, 0.15) is 11.3 Å². The zero-order valence-electron chi connectivity index (χ0n) is 14.7. The molecule has 6 nitrogen and oxygen atoms in total. The summed E-state index contributed by atoms with van der Waals surface area (Å²) in [4.78, 5) is 11.9. The molecule has 0 aliphatic carbocycles. The van der Waals surface area contributed by atoms with Gasteiger partial charge in [-0.3, -0.25) is 0 Å². The molecule has 27 heavy (non-hydrogen) atoms. The van der Waals surface area contributed by atoms with E-state index in [-0.39, 0.29) is 5.75 Å². The van der Waals surface area contributed by atoms with Crippen molar-refractivity contribution in [1.82, 2.24) is 10.2 Å². The van der Waals surface area contributed by atoms with Crippen LogP contribution in [0.3, 0.4) is 0 Å². The number of aromatic hydroxyl groups is 1. The van der Waals surface area contributed by atoms with Crippen molar-refractivity contribution in [2.45, 2.75) is 24.8 Å². The Labute approximate surface area is 158 Å². The van der Waals surface area contributed by atoms with E-state index in [0.717, 1.165) is 22.1 Å². The topological polar surface area (TPSA) is 89.4 Å². The third-order valence-corrected chi connectivity index (χ3v) is 5.11. The van der Waals surface area contributed by atoms with Gasteiger partial charge >= 0.3 is 5.63 Å². The van der Waals surface area contributed by atoms with E-state index in [1.54, 1.807) is 19.1 Å². The number of hydrogen-bond acceptors (Lipinski definition) is 7. The lowest BCUT2D eigenvalue weighted by Crippen LogP contribution is -2.01. The van der Waals surface area contributed by atoms with Crippen molar-refractivity contribution in [2.75, 3.05) is 0 Å². The Bertz CT molecular complexity index is 1200.